The first-order valence-corrected chi connectivity index (χ1v) is 4.96. The molecule has 0 spiro atoms. The topological polar surface area (TPSA) is 88.2 Å². The van der Waals surface area contributed by atoms with E-state index in [0.29, 0.717) is 6.42 Å². The number of carboxylic acids is 1. The zero-order valence-corrected chi connectivity index (χ0v) is 8.43. The quantitative estimate of drug-likeness (QED) is 0.746. The predicted octanol–water partition coefficient (Wildman–Crippen LogP) is 0.646. The van der Waals surface area contributed by atoms with Gasteiger partial charge in [0, 0.05) is 0 Å². The molecule has 1 aromatic rings. The molecule has 2 atom stereocenters. The van der Waals surface area contributed by atoms with E-state index in [1.54, 1.807) is 6.92 Å². The molecule has 0 bridgehead atoms. The Morgan fingerprint density at radius 2 is 2.33 bits per heavy atom. The van der Waals surface area contributed by atoms with E-state index in [4.69, 9.17) is 5.11 Å². The maximum Gasteiger partial charge on any atom is 0.320 e. The van der Waals surface area contributed by atoms with Crippen molar-refractivity contribution in [1.29, 1.82) is 0 Å². The van der Waals surface area contributed by atoms with Crippen molar-refractivity contribution in [2.24, 2.45) is 0 Å². The Morgan fingerprint density at radius 3 is 2.93 bits per heavy atom. The standard InChI is InChI=1S/C9H13N3O3/c1-5-8(12-15-11-5)6-3-2-4-7(10-6)9(13)14/h6-7,10H,2-4H2,1H3,(H,13,14). The zero-order valence-electron chi connectivity index (χ0n) is 8.43. The predicted molar refractivity (Wildman–Crippen MR) is 50.2 cm³/mol. The van der Waals surface area contributed by atoms with Gasteiger partial charge in [0.15, 0.2) is 0 Å². The number of nitrogens with zero attached hydrogens (tertiary/aromatic N) is 2. The molecule has 2 unspecified atom stereocenters. The molecule has 2 N–H and O–H groups in total. The Kier molecular flexibility index (Phi) is 2.68. The minimum atomic E-state index is -0.811. The van der Waals surface area contributed by atoms with Crippen molar-refractivity contribution in [3.8, 4) is 0 Å². The van der Waals surface area contributed by atoms with Gasteiger partial charge in [0.25, 0.3) is 0 Å². The Labute approximate surface area is 86.6 Å². The Morgan fingerprint density at radius 1 is 1.53 bits per heavy atom. The number of aryl methyl sites for hydroxylation is 1. The van der Waals surface area contributed by atoms with Gasteiger partial charge in [-0.15, -0.1) is 0 Å². The molecule has 82 valence electrons. The highest BCUT2D eigenvalue weighted by atomic mass is 16.6. The van der Waals surface area contributed by atoms with Crippen molar-refractivity contribution in [2.45, 2.75) is 38.3 Å². The normalized spacial score (nSPS) is 26.5. The van der Waals surface area contributed by atoms with Crippen LogP contribution in [0.5, 0.6) is 0 Å². The van der Waals surface area contributed by atoms with Crippen LogP contribution in [-0.2, 0) is 4.79 Å². The van der Waals surface area contributed by atoms with E-state index in [9.17, 15) is 4.79 Å². The van der Waals surface area contributed by atoms with E-state index in [2.05, 4.69) is 20.3 Å². The lowest BCUT2D eigenvalue weighted by Gasteiger charge is -2.27. The van der Waals surface area contributed by atoms with Crippen molar-refractivity contribution in [2.75, 3.05) is 0 Å². The SMILES string of the molecule is Cc1nonc1C1CCCC(C(=O)O)N1. The van der Waals surface area contributed by atoms with E-state index in [1.807, 2.05) is 0 Å². The summed E-state index contributed by atoms with van der Waals surface area (Å²) in [6.07, 6.45) is 2.41. The van der Waals surface area contributed by atoms with E-state index < -0.39 is 12.0 Å². The van der Waals surface area contributed by atoms with Crippen LogP contribution in [0.15, 0.2) is 4.63 Å². The molecule has 2 rings (SSSR count). The minimum Gasteiger partial charge on any atom is -0.480 e. The Hall–Kier alpha value is -1.43. The first kappa shape index (κ1) is 10.1. The number of piperidine rings is 1. The molecule has 1 aliphatic rings. The lowest BCUT2D eigenvalue weighted by Crippen LogP contribution is -2.42. The number of rotatable bonds is 2. The summed E-state index contributed by atoms with van der Waals surface area (Å²) < 4.78 is 4.61. The smallest absolute Gasteiger partial charge is 0.320 e. The van der Waals surface area contributed by atoms with Crippen LogP contribution >= 0.6 is 0 Å². The summed E-state index contributed by atoms with van der Waals surface area (Å²) in [5, 5.41) is 19.4. The van der Waals surface area contributed by atoms with Gasteiger partial charge >= 0.3 is 5.97 Å². The van der Waals surface area contributed by atoms with Crippen molar-refractivity contribution >= 4 is 5.97 Å². The van der Waals surface area contributed by atoms with Gasteiger partial charge < -0.3 is 5.11 Å². The van der Waals surface area contributed by atoms with E-state index in [0.717, 1.165) is 24.2 Å². The number of hydrogen-bond acceptors (Lipinski definition) is 5. The molecule has 1 aromatic heterocycles. The van der Waals surface area contributed by atoms with Crippen LogP contribution in [0.25, 0.3) is 0 Å². The maximum atomic E-state index is 10.8. The van der Waals surface area contributed by atoms with Crippen molar-refractivity contribution < 1.29 is 14.5 Å². The fourth-order valence-electron chi connectivity index (χ4n) is 1.90. The lowest BCUT2D eigenvalue weighted by atomic mass is 9.96. The summed E-state index contributed by atoms with van der Waals surface area (Å²) in [5.74, 6) is -0.811. The van der Waals surface area contributed by atoms with E-state index in [1.165, 1.54) is 0 Å². The first-order chi connectivity index (χ1) is 7.18. The number of aliphatic carboxylic acids is 1. The fraction of sp³-hybridized carbons (Fsp3) is 0.667. The molecule has 0 saturated carbocycles. The molecule has 0 aromatic carbocycles. The van der Waals surface area contributed by atoms with Crippen LogP contribution in [0.3, 0.4) is 0 Å². The summed E-state index contributed by atoms with van der Waals surface area (Å²) in [7, 11) is 0. The van der Waals surface area contributed by atoms with Gasteiger partial charge in [-0.2, -0.15) is 0 Å². The molecule has 1 aliphatic heterocycles. The second-order valence-electron chi connectivity index (χ2n) is 3.78. The average molecular weight is 211 g/mol. The van der Waals surface area contributed by atoms with Crippen LogP contribution in [0.2, 0.25) is 0 Å². The Balaban J connectivity index is 2.11. The monoisotopic (exact) mass is 211 g/mol. The van der Waals surface area contributed by atoms with E-state index in [-0.39, 0.29) is 6.04 Å². The van der Waals surface area contributed by atoms with Gasteiger partial charge in [-0.3, -0.25) is 10.1 Å². The second-order valence-corrected chi connectivity index (χ2v) is 3.78. The molecule has 1 fully saturated rings. The molecule has 1 saturated heterocycles. The van der Waals surface area contributed by atoms with Crippen molar-refractivity contribution in [3.63, 3.8) is 0 Å². The lowest BCUT2D eigenvalue weighted by molar-refractivity contribution is -0.140. The van der Waals surface area contributed by atoms with Gasteiger partial charge in [0.2, 0.25) is 0 Å². The summed E-state index contributed by atoms with van der Waals surface area (Å²) in [5.41, 5.74) is 1.44. The van der Waals surface area contributed by atoms with Crippen molar-refractivity contribution in [3.05, 3.63) is 11.4 Å². The van der Waals surface area contributed by atoms with E-state index >= 15 is 0 Å². The van der Waals surface area contributed by atoms with Gasteiger partial charge in [-0.05, 0) is 26.2 Å². The molecule has 0 amide bonds. The molecule has 15 heavy (non-hydrogen) atoms. The second kappa shape index (κ2) is 3.98. The molecular formula is C9H13N3O3. The zero-order chi connectivity index (χ0) is 10.8. The fourth-order valence-corrected chi connectivity index (χ4v) is 1.90. The average Bonchev–Trinajstić information content (AvgIpc) is 2.64. The molecule has 2 heterocycles. The highest BCUT2D eigenvalue weighted by Gasteiger charge is 2.29. The van der Waals surface area contributed by atoms with Crippen LogP contribution < -0.4 is 5.32 Å². The first-order valence-electron chi connectivity index (χ1n) is 4.96. The number of hydrogen-bond donors (Lipinski definition) is 2. The maximum absolute atomic E-state index is 10.8. The molecular weight excluding hydrogens is 198 g/mol. The highest BCUT2D eigenvalue weighted by Crippen LogP contribution is 2.25. The third kappa shape index (κ3) is 1.99. The molecule has 6 heteroatoms. The van der Waals surface area contributed by atoms with Crippen LogP contribution in [0, 0.1) is 6.92 Å². The molecule has 6 nitrogen and oxygen atoms in total. The third-order valence-corrected chi connectivity index (χ3v) is 2.70. The molecule has 0 radical (unpaired) electrons. The number of aromatic nitrogens is 2. The molecule has 0 aliphatic carbocycles. The van der Waals surface area contributed by atoms with Gasteiger partial charge in [-0.25, -0.2) is 4.63 Å². The number of carboxylic acid groups (broad SMARTS) is 1. The van der Waals surface area contributed by atoms with Crippen LogP contribution in [0.1, 0.15) is 36.7 Å². The highest BCUT2D eigenvalue weighted by molar-refractivity contribution is 5.73. The number of carbonyl (C=O) groups is 1. The summed E-state index contributed by atoms with van der Waals surface area (Å²) in [6.45, 7) is 1.80. The largest absolute Gasteiger partial charge is 0.480 e. The van der Waals surface area contributed by atoms with Crippen molar-refractivity contribution in [1.82, 2.24) is 15.6 Å². The third-order valence-electron chi connectivity index (χ3n) is 2.70. The van der Waals surface area contributed by atoms with Gasteiger partial charge in [-0.1, -0.05) is 10.3 Å². The van der Waals surface area contributed by atoms with Crippen LogP contribution in [-0.4, -0.2) is 27.4 Å². The Bertz CT molecular complexity index is 363. The van der Waals surface area contributed by atoms with Gasteiger partial charge in [0.1, 0.15) is 17.4 Å². The van der Waals surface area contributed by atoms with Crippen LogP contribution in [0.4, 0.5) is 0 Å². The minimum absolute atomic E-state index is 0.0499. The summed E-state index contributed by atoms with van der Waals surface area (Å²) in [4.78, 5) is 10.8. The summed E-state index contributed by atoms with van der Waals surface area (Å²) >= 11 is 0. The van der Waals surface area contributed by atoms with Gasteiger partial charge in [0.05, 0.1) is 6.04 Å². The summed E-state index contributed by atoms with van der Waals surface area (Å²) in [6, 6.07) is -0.536. The number of nitrogens with one attached hydrogen (secondary N) is 1.